The van der Waals surface area contributed by atoms with Crippen LogP contribution in [0.25, 0.3) is 16.2 Å². The number of thiazole rings is 1. The molecule has 0 bridgehead atoms. The lowest BCUT2D eigenvalue weighted by molar-refractivity contribution is -0.133. The molecule has 4 rings (SSSR count). The third-order valence-corrected chi connectivity index (χ3v) is 6.21. The van der Waals surface area contributed by atoms with Gasteiger partial charge in [0.2, 0.25) is 0 Å². The van der Waals surface area contributed by atoms with E-state index in [0.29, 0.717) is 44.8 Å². The zero-order chi connectivity index (χ0) is 23.2. The molecule has 32 heavy (non-hydrogen) atoms. The number of allylic oxidation sites excluding steroid dienone is 2. The summed E-state index contributed by atoms with van der Waals surface area (Å²) in [7, 11) is 3.06. The maximum Gasteiger partial charge on any atom is 0.334 e. The van der Waals surface area contributed by atoms with Crippen LogP contribution in [-0.4, -0.2) is 45.8 Å². The summed E-state index contributed by atoms with van der Waals surface area (Å²) in [6, 6.07) is 5.21. The average molecular weight is 455 g/mol. The Kier molecular flexibility index (Phi) is 5.39. The number of ether oxygens (including phenoxy) is 2. The quantitative estimate of drug-likeness (QED) is 0.516. The number of methoxy groups -OCH3 is 2. The Morgan fingerprint density at radius 2 is 1.75 bits per heavy atom. The average Bonchev–Trinajstić information content (AvgIpc) is 3.33. The molecule has 0 fully saturated rings. The molecule has 1 aromatic carbocycles. The number of aromatic nitrogens is 2. The van der Waals surface area contributed by atoms with Gasteiger partial charge in [0.25, 0.3) is 0 Å². The summed E-state index contributed by atoms with van der Waals surface area (Å²) in [5.74, 6) is -2.42. The summed E-state index contributed by atoms with van der Waals surface area (Å²) in [6.07, 6.45) is 1.75. The number of fused-ring (bicyclic) bond motifs is 1. The van der Waals surface area contributed by atoms with Crippen LogP contribution in [0, 0.1) is 0 Å². The molecule has 0 aliphatic carbocycles. The van der Waals surface area contributed by atoms with E-state index >= 15 is 0 Å². The van der Waals surface area contributed by atoms with Gasteiger partial charge in [-0.1, -0.05) is 0 Å². The Hall–Kier alpha value is -3.79. The molecule has 1 aliphatic rings. The second kappa shape index (κ2) is 8.04. The van der Waals surface area contributed by atoms with E-state index in [1.165, 1.54) is 25.6 Å². The number of nitrogens with zero attached hydrogens (tertiary/aromatic N) is 2. The van der Waals surface area contributed by atoms with Crippen molar-refractivity contribution in [2.45, 2.75) is 19.8 Å². The Balaban J connectivity index is 2.11. The Bertz CT molecular complexity index is 1280. The van der Waals surface area contributed by atoms with Gasteiger partial charge in [0, 0.05) is 28.5 Å². The van der Waals surface area contributed by atoms with Gasteiger partial charge in [0.05, 0.1) is 42.7 Å². The van der Waals surface area contributed by atoms with Crippen molar-refractivity contribution in [3.8, 4) is 22.8 Å². The Labute approximate surface area is 187 Å². The summed E-state index contributed by atoms with van der Waals surface area (Å²) in [5.41, 5.74) is 2.08. The summed E-state index contributed by atoms with van der Waals surface area (Å²) in [4.78, 5) is 29.9. The largest absolute Gasteiger partial charge is 0.497 e. The lowest BCUT2D eigenvalue weighted by Gasteiger charge is -2.29. The lowest BCUT2D eigenvalue weighted by atomic mass is 9.81. The van der Waals surface area contributed by atoms with Crippen LogP contribution in [0.1, 0.15) is 25.5 Å². The fraction of sp³-hybridized carbons (Fsp3) is 0.227. The second-order valence-corrected chi connectivity index (χ2v) is 8.09. The third-order valence-electron chi connectivity index (χ3n) is 5.46. The molecule has 0 saturated carbocycles. The van der Waals surface area contributed by atoms with Crippen LogP contribution in [0.15, 0.2) is 52.3 Å². The van der Waals surface area contributed by atoms with Crippen LogP contribution in [0.3, 0.4) is 0 Å². The zero-order valence-electron chi connectivity index (χ0n) is 17.8. The highest BCUT2D eigenvalue weighted by Gasteiger charge is 2.40. The van der Waals surface area contributed by atoms with Gasteiger partial charge in [0.15, 0.2) is 4.96 Å². The standard InChI is InChI=1S/C22H21N3O6S/c1-10-15(20(26)27)17(16(21(28)29)11(2)23-10)19-18(24-22-25(19)7-8-32-22)13-9-12(30-3)5-6-14(13)31-4/h5-9,17,23H,1-4H3,(H,26,27)(H,28,29). The molecule has 0 saturated heterocycles. The number of aliphatic carboxylic acids is 2. The molecule has 2 aromatic heterocycles. The number of hydrogen-bond acceptors (Lipinski definition) is 7. The number of carboxylic acids is 2. The van der Waals surface area contributed by atoms with Gasteiger partial charge in [-0.05, 0) is 32.0 Å². The van der Waals surface area contributed by atoms with E-state index in [0.717, 1.165) is 0 Å². The number of rotatable bonds is 6. The maximum absolute atomic E-state index is 12.3. The Morgan fingerprint density at radius 1 is 1.09 bits per heavy atom. The maximum atomic E-state index is 12.3. The first-order chi connectivity index (χ1) is 15.3. The topological polar surface area (TPSA) is 122 Å². The van der Waals surface area contributed by atoms with Crippen molar-refractivity contribution in [2.24, 2.45) is 0 Å². The van der Waals surface area contributed by atoms with Crippen molar-refractivity contribution in [2.75, 3.05) is 14.2 Å². The van der Waals surface area contributed by atoms with Gasteiger partial charge in [0.1, 0.15) is 11.5 Å². The fourth-order valence-corrected chi connectivity index (χ4v) is 4.83. The van der Waals surface area contributed by atoms with Crippen molar-refractivity contribution in [3.05, 3.63) is 58.0 Å². The first-order valence-corrected chi connectivity index (χ1v) is 10.5. The normalized spacial score (nSPS) is 14.6. The number of carbonyl (C=O) groups is 2. The molecule has 0 spiro atoms. The fourth-order valence-electron chi connectivity index (χ4n) is 4.11. The first-order valence-electron chi connectivity index (χ1n) is 9.61. The van der Waals surface area contributed by atoms with E-state index in [-0.39, 0.29) is 11.1 Å². The summed E-state index contributed by atoms with van der Waals surface area (Å²) in [5, 5.41) is 24.8. The molecule has 1 aliphatic heterocycles. The summed E-state index contributed by atoms with van der Waals surface area (Å²) >= 11 is 1.36. The van der Waals surface area contributed by atoms with Crippen LogP contribution in [-0.2, 0) is 9.59 Å². The van der Waals surface area contributed by atoms with Crippen LogP contribution in [0.2, 0.25) is 0 Å². The van der Waals surface area contributed by atoms with Gasteiger partial charge in [-0.2, -0.15) is 0 Å². The molecule has 3 heterocycles. The number of dihydropyridines is 1. The number of carboxylic acid groups (broad SMARTS) is 2. The van der Waals surface area contributed by atoms with Crippen LogP contribution < -0.4 is 14.8 Å². The molecule has 3 aromatic rings. The smallest absolute Gasteiger partial charge is 0.334 e. The van der Waals surface area contributed by atoms with E-state index in [1.807, 2.05) is 5.38 Å². The van der Waals surface area contributed by atoms with E-state index in [4.69, 9.17) is 14.5 Å². The zero-order valence-corrected chi connectivity index (χ0v) is 18.6. The van der Waals surface area contributed by atoms with Crippen molar-refractivity contribution < 1.29 is 29.3 Å². The van der Waals surface area contributed by atoms with Gasteiger partial charge in [-0.25, -0.2) is 14.6 Å². The molecule has 166 valence electrons. The highest BCUT2D eigenvalue weighted by Crippen LogP contribution is 2.45. The lowest BCUT2D eigenvalue weighted by Crippen LogP contribution is -2.31. The van der Waals surface area contributed by atoms with Crippen LogP contribution in [0.4, 0.5) is 0 Å². The predicted octanol–water partition coefficient (Wildman–Crippen LogP) is 3.48. The van der Waals surface area contributed by atoms with E-state index in [1.54, 1.807) is 42.6 Å². The number of nitrogens with one attached hydrogen (secondary N) is 1. The molecule has 0 amide bonds. The number of benzene rings is 1. The van der Waals surface area contributed by atoms with Gasteiger partial charge in [-0.3, -0.25) is 4.40 Å². The summed E-state index contributed by atoms with van der Waals surface area (Å²) in [6.45, 7) is 3.24. The van der Waals surface area contributed by atoms with Crippen LogP contribution >= 0.6 is 11.3 Å². The molecule has 9 nitrogen and oxygen atoms in total. The molecule has 10 heteroatoms. The molecule has 3 N–H and O–H groups in total. The monoisotopic (exact) mass is 455 g/mol. The van der Waals surface area contributed by atoms with E-state index in [2.05, 4.69) is 5.32 Å². The van der Waals surface area contributed by atoms with Crippen molar-refractivity contribution in [1.82, 2.24) is 14.7 Å². The summed E-state index contributed by atoms with van der Waals surface area (Å²) < 4.78 is 12.6. The minimum atomic E-state index is -1.21. The third kappa shape index (κ3) is 3.28. The number of imidazole rings is 1. The Morgan fingerprint density at radius 3 is 2.31 bits per heavy atom. The van der Waals surface area contributed by atoms with Crippen molar-refractivity contribution in [3.63, 3.8) is 0 Å². The molecule has 0 radical (unpaired) electrons. The molecule has 0 atom stereocenters. The van der Waals surface area contributed by atoms with Gasteiger partial charge < -0.3 is 25.0 Å². The van der Waals surface area contributed by atoms with E-state index < -0.39 is 17.9 Å². The molecular formula is C22H21N3O6S. The first kappa shape index (κ1) is 21.4. The van der Waals surface area contributed by atoms with Crippen molar-refractivity contribution in [1.29, 1.82) is 0 Å². The van der Waals surface area contributed by atoms with Crippen molar-refractivity contribution >= 4 is 28.2 Å². The van der Waals surface area contributed by atoms with Crippen LogP contribution in [0.5, 0.6) is 11.5 Å². The molecular weight excluding hydrogens is 434 g/mol. The van der Waals surface area contributed by atoms with Gasteiger partial charge in [-0.15, -0.1) is 11.3 Å². The SMILES string of the molecule is COc1ccc(OC)c(-c2nc3sccn3c2C2C(C(=O)O)=C(C)NC(C)=C2C(=O)O)c1. The second-order valence-electron chi connectivity index (χ2n) is 7.21. The minimum Gasteiger partial charge on any atom is -0.497 e. The molecule has 0 unspecified atom stereocenters. The number of hydrogen-bond donors (Lipinski definition) is 3. The highest BCUT2D eigenvalue weighted by atomic mass is 32.1. The minimum absolute atomic E-state index is 0.0517. The predicted molar refractivity (Wildman–Crippen MR) is 118 cm³/mol. The van der Waals surface area contributed by atoms with Gasteiger partial charge >= 0.3 is 11.9 Å². The van der Waals surface area contributed by atoms with E-state index in [9.17, 15) is 19.8 Å². The highest BCUT2D eigenvalue weighted by molar-refractivity contribution is 7.15.